The van der Waals surface area contributed by atoms with Crippen LogP contribution in [0.1, 0.15) is 17.5 Å². The Morgan fingerprint density at radius 3 is 2.64 bits per heavy atom. The summed E-state index contributed by atoms with van der Waals surface area (Å²) in [4.78, 5) is 36.4. The van der Waals surface area contributed by atoms with E-state index in [2.05, 4.69) is 21.3 Å². The van der Waals surface area contributed by atoms with E-state index in [0.717, 1.165) is 5.56 Å². The van der Waals surface area contributed by atoms with Crippen LogP contribution in [0.3, 0.4) is 0 Å². The summed E-state index contributed by atoms with van der Waals surface area (Å²) in [5.74, 6) is -2.70. The standard InChI is InChI=1S/C21H20Cl2F2N4O4/c22-13-3-4-14(18(25)17(13)23)28-19(30)15(5-6-26-21(32)33)29-20(31)16-8-11-7-12(24)2-1-10(11)9-27-16/h1-4,7,15-16,26-27H,5-6,8-9H2,(H,28,30)(H,29,31)(H,32,33)/t15?,16-/m0/s1. The molecule has 5 N–H and O–H groups in total. The third kappa shape index (κ3) is 6.31. The molecule has 8 nitrogen and oxygen atoms in total. The van der Waals surface area contributed by atoms with Gasteiger partial charge in [-0.1, -0.05) is 29.3 Å². The van der Waals surface area contributed by atoms with Gasteiger partial charge in [-0.05, 0) is 48.2 Å². The second kappa shape index (κ2) is 10.8. The van der Waals surface area contributed by atoms with Crippen LogP contribution < -0.4 is 21.3 Å². The summed E-state index contributed by atoms with van der Waals surface area (Å²) in [7, 11) is 0. The highest BCUT2D eigenvalue weighted by Gasteiger charge is 2.29. The van der Waals surface area contributed by atoms with Gasteiger partial charge in [-0.25, -0.2) is 13.6 Å². The maximum absolute atomic E-state index is 14.3. The second-order valence-electron chi connectivity index (χ2n) is 7.34. The minimum absolute atomic E-state index is 0.0391. The van der Waals surface area contributed by atoms with Crippen LogP contribution in [0.5, 0.6) is 0 Å². The van der Waals surface area contributed by atoms with Gasteiger partial charge in [-0.2, -0.15) is 0 Å². The maximum atomic E-state index is 14.3. The van der Waals surface area contributed by atoms with Crippen molar-refractivity contribution in [3.8, 4) is 0 Å². The molecule has 176 valence electrons. The Hall–Kier alpha value is -2.95. The van der Waals surface area contributed by atoms with Crippen molar-refractivity contribution in [2.75, 3.05) is 11.9 Å². The Bertz CT molecular complexity index is 1090. The summed E-state index contributed by atoms with van der Waals surface area (Å²) < 4.78 is 27.9. The molecule has 0 fully saturated rings. The smallest absolute Gasteiger partial charge is 0.404 e. The third-order valence-electron chi connectivity index (χ3n) is 5.08. The van der Waals surface area contributed by atoms with Crippen molar-refractivity contribution in [1.82, 2.24) is 16.0 Å². The zero-order valence-electron chi connectivity index (χ0n) is 17.1. The van der Waals surface area contributed by atoms with Gasteiger partial charge in [0.25, 0.3) is 0 Å². The van der Waals surface area contributed by atoms with Gasteiger partial charge >= 0.3 is 6.09 Å². The SMILES string of the molecule is O=C(O)NCCC(NC(=O)[C@@H]1Cc2cc(F)ccc2CN1)C(=O)Nc1ccc(Cl)c(Cl)c1F. The van der Waals surface area contributed by atoms with E-state index in [0.29, 0.717) is 12.1 Å². The van der Waals surface area contributed by atoms with E-state index in [9.17, 15) is 23.2 Å². The monoisotopic (exact) mass is 500 g/mol. The lowest BCUT2D eigenvalue weighted by Gasteiger charge is -2.27. The summed E-state index contributed by atoms with van der Waals surface area (Å²) in [6.45, 7) is 0.184. The van der Waals surface area contributed by atoms with E-state index in [1.54, 1.807) is 6.07 Å². The molecule has 0 spiro atoms. The van der Waals surface area contributed by atoms with Gasteiger partial charge in [0.05, 0.1) is 21.8 Å². The third-order valence-corrected chi connectivity index (χ3v) is 5.86. The summed E-state index contributed by atoms with van der Waals surface area (Å²) >= 11 is 11.5. The Morgan fingerprint density at radius 2 is 1.91 bits per heavy atom. The maximum Gasteiger partial charge on any atom is 0.404 e. The van der Waals surface area contributed by atoms with Crippen molar-refractivity contribution in [3.05, 3.63) is 63.1 Å². The number of amides is 3. The van der Waals surface area contributed by atoms with Crippen molar-refractivity contribution in [2.45, 2.75) is 31.5 Å². The molecular weight excluding hydrogens is 481 g/mol. The molecule has 1 aliphatic heterocycles. The number of hydrogen-bond acceptors (Lipinski definition) is 4. The van der Waals surface area contributed by atoms with Crippen LogP contribution in [0, 0.1) is 11.6 Å². The van der Waals surface area contributed by atoms with Crippen LogP contribution in [0.4, 0.5) is 19.3 Å². The molecule has 33 heavy (non-hydrogen) atoms. The van der Waals surface area contributed by atoms with Gasteiger partial charge in [0.1, 0.15) is 11.9 Å². The molecule has 0 bridgehead atoms. The first kappa shape index (κ1) is 24.7. The Labute approximate surface area is 197 Å². The molecule has 1 aliphatic rings. The van der Waals surface area contributed by atoms with Crippen LogP contribution >= 0.6 is 23.2 Å². The largest absolute Gasteiger partial charge is 0.465 e. The van der Waals surface area contributed by atoms with E-state index >= 15 is 0 Å². The summed E-state index contributed by atoms with van der Waals surface area (Å²) in [5.41, 5.74) is 1.27. The lowest BCUT2D eigenvalue weighted by atomic mass is 9.95. The van der Waals surface area contributed by atoms with Gasteiger partial charge < -0.3 is 26.4 Å². The highest BCUT2D eigenvalue weighted by Crippen LogP contribution is 2.30. The molecule has 2 aromatic rings. The number of nitrogens with one attached hydrogen (secondary N) is 4. The fourth-order valence-electron chi connectivity index (χ4n) is 3.37. The summed E-state index contributed by atoms with van der Waals surface area (Å²) in [6, 6.07) is 4.88. The number of benzene rings is 2. The number of carbonyl (C=O) groups is 3. The molecule has 1 heterocycles. The summed E-state index contributed by atoms with van der Waals surface area (Å²) in [6.07, 6.45) is -1.21. The normalized spacial score (nSPS) is 15.8. The van der Waals surface area contributed by atoms with Crippen LogP contribution in [0.25, 0.3) is 0 Å². The highest BCUT2D eigenvalue weighted by molar-refractivity contribution is 6.42. The van der Waals surface area contributed by atoms with E-state index in [-0.39, 0.29) is 35.1 Å². The molecule has 0 aromatic heterocycles. The fraction of sp³-hybridized carbons (Fsp3) is 0.286. The molecule has 0 saturated carbocycles. The van der Waals surface area contributed by atoms with Crippen LogP contribution in [-0.2, 0) is 22.6 Å². The van der Waals surface area contributed by atoms with Crippen LogP contribution in [0.15, 0.2) is 30.3 Å². The fourth-order valence-corrected chi connectivity index (χ4v) is 3.69. The first-order valence-electron chi connectivity index (χ1n) is 9.88. The number of anilines is 1. The van der Waals surface area contributed by atoms with Gasteiger partial charge in [0, 0.05) is 13.1 Å². The molecule has 1 unspecified atom stereocenters. The lowest BCUT2D eigenvalue weighted by molar-refractivity contribution is -0.128. The van der Waals surface area contributed by atoms with E-state index < -0.39 is 41.6 Å². The number of carbonyl (C=O) groups excluding carboxylic acids is 2. The topological polar surface area (TPSA) is 120 Å². The predicted molar refractivity (Wildman–Crippen MR) is 118 cm³/mol. The quantitative estimate of drug-likeness (QED) is 0.374. The average molecular weight is 501 g/mol. The number of hydrogen-bond donors (Lipinski definition) is 5. The van der Waals surface area contributed by atoms with E-state index in [1.807, 2.05) is 0 Å². The molecule has 3 rings (SSSR count). The molecule has 12 heteroatoms. The van der Waals surface area contributed by atoms with Gasteiger partial charge in [-0.3, -0.25) is 9.59 Å². The molecule has 3 amide bonds. The predicted octanol–water partition coefficient (Wildman–Crippen LogP) is 3.07. The zero-order chi connectivity index (χ0) is 24.1. The van der Waals surface area contributed by atoms with Crippen molar-refractivity contribution in [2.24, 2.45) is 0 Å². The number of carboxylic acid groups (broad SMARTS) is 1. The minimum Gasteiger partial charge on any atom is -0.465 e. The highest BCUT2D eigenvalue weighted by atomic mass is 35.5. The Balaban J connectivity index is 1.72. The minimum atomic E-state index is -1.30. The van der Waals surface area contributed by atoms with Crippen molar-refractivity contribution >= 4 is 46.8 Å². The van der Waals surface area contributed by atoms with Crippen molar-refractivity contribution < 1.29 is 28.3 Å². The zero-order valence-corrected chi connectivity index (χ0v) is 18.6. The van der Waals surface area contributed by atoms with E-state index in [1.165, 1.54) is 24.3 Å². The lowest BCUT2D eigenvalue weighted by Crippen LogP contribution is -2.53. The Kier molecular flexibility index (Phi) is 8.06. The Morgan fingerprint density at radius 1 is 1.15 bits per heavy atom. The molecule has 0 radical (unpaired) electrons. The molecular formula is C21H20Cl2F2N4O4. The molecule has 2 aromatic carbocycles. The van der Waals surface area contributed by atoms with Gasteiger partial charge in [0.15, 0.2) is 5.82 Å². The van der Waals surface area contributed by atoms with Crippen molar-refractivity contribution in [3.63, 3.8) is 0 Å². The van der Waals surface area contributed by atoms with Gasteiger partial charge in [-0.15, -0.1) is 0 Å². The van der Waals surface area contributed by atoms with Crippen LogP contribution in [-0.4, -0.2) is 41.6 Å². The average Bonchev–Trinajstić information content (AvgIpc) is 2.77. The summed E-state index contributed by atoms with van der Waals surface area (Å²) in [5, 5.41) is 18.4. The van der Waals surface area contributed by atoms with E-state index in [4.69, 9.17) is 28.3 Å². The molecule has 0 saturated heterocycles. The second-order valence-corrected chi connectivity index (χ2v) is 8.13. The first-order chi connectivity index (χ1) is 15.7. The number of rotatable bonds is 7. The molecule has 0 aliphatic carbocycles. The number of fused-ring (bicyclic) bond motifs is 1. The first-order valence-corrected chi connectivity index (χ1v) is 10.6. The number of halogens is 4. The van der Waals surface area contributed by atoms with Gasteiger partial charge in [0.2, 0.25) is 11.8 Å². The van der Waals surface area contributed by atoms with Crippen molar-refractivity contribution in [1.29, 1.82) is 0 Å². The van der Waals surface area contributed by atoms with Crippen LogP contribution in [0.2, 0.25) is 10.0 Å². The molecule has 2 atom stereocenters.